The maximum absolute atomic E-state index is 10.5. The molecule has 0 saturated heterocycles. The quantitative estimate of drug-likeness (QED) is 0.447. The Morgan fingerprint density at radius 2 is 2.33 bits per heavy atom. The van der Waals surface area contributed by atoms with Crippen molar-refractivity contribution in [2.75, 3.05) is 5.75 Å². The van der Waals surface area contributed by atoms with Crippen molar-refractivity contribution >= 4 is 22.8 Å². The first-order chi connectivity index (χ1) is 4.16. The Morgan fingerprint density at radius 1 is 1.78 bits per heavy atom. The Kier molecular flexibility index (Phi) is 4.13. The molecule has 1 amide bonds. The summed E-state index contributed by atoms with van der Waals surface area (Å²) in [5.41, 5.74) is 5.14. The van der Waals surface area contributed by atoms with Gasteiger partial charge in [0.2, 0.25) is 0 Å². The van der Waals surface area contributed by atoms with E-state index in [2.05, 4.69) is 4.99 Å². The van der Waals surface area contributed by atoms with Crippen LogP contribution in [0.5, 0.6) is 0 Å². The Labute approximate surface area is 58.7 Å². The molecular weight excluding hydrogens is 136 g/mol. The van der Waals surface area contributed by atoms with E-state index in [0.29, 0.717) is 5.84 Å². The predicted octanol–water partition coefficient (Wildman–Crippen LogP) is 1.24. The SMILES string of the molecule is CCSC(=O)/N=C(/C)N. The highest BCUT2D eigenvalue weighted by Crippen LogP contribution is 2.02. The summed E-state index contributed by atoms with van der Waals surface area (Å²) in [6, 6.07) is 0. The van der Waals surface area contributed by atoms with Gasteiger partial charge in [0.1, 0.15) is 5.84 Å². The summed E-state index contributed by atoms with van der Waals surface area (Å²) in [6.07, 6.45) is 0. The van der Waals surface area contributed by atoms with Gasteiger partial charge in [-0.25, -0.2) is 0 Å². The maximum Gasteiger partial charge on any atom is 0.306 e. The number of nitrogens with two attached hydrogens (primary N) is 1. The van der Waals surface area contributed by atoms with E-state index in [4.69, 9.17) is 5.73 Å². The van der Waals surface area contributed by atoms with Crippen LogP contribution in [0.2, 0.25) is 0 Å². The lowest BCUT2D eigenvalue weighted by atomic mass is 10.7. The molecule has 0 aromatic carbocycles. The van der Waals surface area contributed by atoms with Gasteiger partial charge in [-0.05, 0) is 12.7 Å². The normalized spacial score (nSPS) is 11.6. The number of amidine groups is 1. The summed E-state index contributed by atoms with van der Waals surface area (Å²) in [5.74, 6) is 1.07. The maximum atomic E-state index is 10.5. The number of rotatable bonds is 1. The molecule has 0 heterocycles. The summed E-state index contributed by atoms with van der Waals surface area (Å²) < 4.78 is 0. The molecule has 0 unspecified atom stereocenters. The molecular formula is C5H10N2OS. The predicted molar refractivity (Wildman–Crippen MR) is 40.8 cm³/mol. The largest absolute Gasteiger partial charge is 0.387 e. The van der Waals surface area contributed by atoms with Crippen LogP contribution in [-0.2, 0) is 0 Å². The van der Waals surface area contributed by atoms with Crippen LogP contribution < -0.4 is 5.73 Å². The first-order valence-electron chi connectivity index (χ1n) is 2.64. The highest BCUT2D eigenvalue weighted by molar-refractivity contribution is 8.13. The first kappa shape index (κ1) is 8.49. The first-order valence-corrected chi connectivity index (χ1v) is 3.63. The lowest BCUT2D eigenvalue weighted by Gasteiger charge is -1.88. The Morgan fingerprint density at radius 3 is 2.67 bits per heavy atom. The van der Waals surface area contributed by atoms with E-state index in [1.807, 2.05) is 6.92 Å². The molecule has 0 aliphatic carbocycles. The summed E-state index contributed by atoms with van der Waals surface area (Å²) in [7, 11) is 0. The van der Waals surface area contributed by atoms with Crippen LogP contribution in [0.15, 0.2) is 4.99 Å². The zero-order valence-corrected chi connectivity index (χ0v) is 6.36. The van der Waals surface area contributed by atoms with Gasteiger partial charge in [-0.1, -0.05) is 18.7 Å². The van der Waals surface area contributed by atoms with Gasteiger partial charge in [0.05, 0.1) is 0 Å². The van der Waals surface area contributed by atoms with E-state index in [1.54, 1.807) is 6.92 Å². The molecule has 0 bridgehead atoms. The van der Waals surface area contributed by atoms with Gasteiger partial charge in [0, 0.05) is 0 Å². The van der Waals surface area contributed by atoms with Crippen LogP contribution in [0.25, 0.3) is 0 Å². The number of nitrogens with zero attached hydrogens (tertiary/aromatic N) is 1. The molecule has 52 valence electrons. The summed E-state index contributed by atoms with van der Waals surface area (Å²) >= 11 is 1.15. The number of carbonyl (C=O) groups is 1. The number of aliphatic imine (C=N–C) groups is 1. The van der Waals surface area contributed by atoms with Gasteiger partial charge >= 0.3 is 5.24 Å². The highest BCUT2D eigenvalue weighted by atomic mass is 32.2. The van der Waals surface area contributed by atoms with Crippen molar-refractivity contribution in [1.82, 2.24) is 0 Å². The zero-order chi connectivity index (χ0) is 7.28. The Hall–Kier alpha value is -0.510. The molecule has 9 heavy (non-hydrogen) atoms. The van der Waals surface area contributed by atoms with Crippen LogP contribution in [0.1, 0.15) is 13.8 Å². The van der Waals surface area contributed by atoms with E-state index in [1.165, 1.54) is 0 Å². The second kappa shape index (κ2) is 4.38. The van der Waals surface area contributed by atoms with Crippen molar-refractivity contribution in [2.45, 2.75) is 13.8 Å². The Bertz CT molecular complexity index is 129. The number of thioether (sulfide) groups is 1. The third kappa shape index (κ3) is 5.36. The molecule has 0 atom stereocenters. The molecule has 0 saturated carbocycles. The molecule has 2 N–H and O–H groups in total. The molecule has 0 aliphatic rings. The third-order valence-electron chi connectivity index (χ3n) is 0.535. The summed E-state index contributed by atoms with van der Waals surface area (Å²) in [4.78, 5) is 14.0. The van der Waals surface area contributed by atoms with E-state index in [0.717, 1.165) is 17.5 Å². The molecule has 3 nitrogen and oxygen atoms in total. The molecule has 0 aromatic rings. The molecule has 0 aromatic heterocycles. The molecule has 0 fully saturated rings. The van der Waals surface area contributed by atoms with Crippen molar-refractivity contribution in [1.29, 1.82) is 0 Å². The fourth-order valence-corrected chi connectivity index (χ4v) is 0.755. The lowest BCUT2D eigenvalue weighted by molar-refractivity contribution is 0.267. The van der Waals surface area contributed by atoms with E-state index in [9.17, 15) is 4.79 Å². The van der Waals surface area contributed by atoms with Crippen LogP contribution in [0.3, 0.4) is 0 Å². The van der Waals surface area contributed by atoms with Crippen molar-refractivity contribution in [3.8, 4) is 0 Å². The molecule has 0 aliphatic heterocycles. The second-order valence-corrected chi connectivity index (χ2v) is 2.67. The van der Waals surface area contributed by atoms with Crippen LogP contribution in [-0.4, -0.2) is 16.8 Å². The van der Waals surface area contributed by atoms with Crippen molar-refractivity contribution in [3.05, 3.63) is 0 Å². The van der Waals surface area contributed by atoms with E-state index in [-0.39, 0.29) is 5.24 Å². The van der Waals surface area contributed by atoms with Crippen LogP contribution in [0, 0.1) is 0 Å². The van der Waals surface area contributed by atoms with Crippen molar-refractivity contribution in [3.63, 3.8) is 0 Å². The van der Waals surface area contributed by atoms with Gasteiger partial charge in [-0.3, -0.25) is 4.79 Å². The fourth-order valence-electron chi connectivity index (χ4n) is 0.300. The minimum atomic E-state index is -0.211. The smallest absolute Gasteiger partial charge is 0.306 e. The van der Waals surface area contributed by atoms with Crippen molar-refractivity contribution < 1.29 is 4.79 Å². The number of amides is 1. The van der Waals surface area contributed by atoms with E-state index < -0.39 is 0 Å². The monoisotopic (exact) mass is 146 g/mol. The zero-order valence-electron chi connectivity index (χ0n) is 5.55. The third-order valence-corrected chi connectivity index (χ3v) is 1.16. The van der Waals surface area contributed by atoms with Crippen LogP contribution in [0.4, 0.5) is 4.79 Å². The topological polar surface area (TPSA) is 55.5 Å². The lowest BCUT2D eigenvalue weighted by Crippen LogP contribution is -2.06. The highest BCUT2D eigenvalue weighted by Gasteiger charge is 1.94. The number of hydrogen-bond acceptors (Lipinski definition) is 2. The Balaban J connectivity index is 3.63. The van der Waals surface area contributed by atoms with Gasteiger partial charge in [-0.2, -0.15) is 4.99 Å². The number of carbonyl (C=O) groups excluding carboxylic acids is 1. The minimum absolute atomic E-state index is 0.211. The van der Waals surface area contributed by atoms with Gasteiger partial charge in [-0.15, -0.1) is 0 Å². The second-order valence-electron chi connectivity index (χ2n) is 1.45. The molecule has 4 heteroatoms. The minimum Gasteiger partial charge on any atom is -0.387 e. The van der Waals surface area contributed by atoms with Gasteiger partial charge in [0.15, 0.2) is 0 Å². The molecule has 0 rings (SSSR count). The fraction of sp³-hybridized carbons (Fsp3) is 0.600. The average Bonchev–Trinajstić information content (AvgIpc) is 1.63. The molecule has 0 radical (unpaired) electrons. The van der Waals surface area contributed by atoms with E-state index >= 15 is 0 Å². The van der Waals surface area contributed by atoms with Gasteiger partial charge < -0.3 is 5.73 Å². The summed E-state index contributed by atoms with van der Waals surface area (Å²) in [5, 5.41) is -0.211. The molecule has 0 spiro atoms. The summed E-state index contributed by atoms with van der Waals surface area (Å²) in [6.45, 7) is 3.48. The van der Waals surface area contributed by atoms with Gasteiger partial charge in [0.25, 0.3) is 0 Å². The number of hydrogen-bond donors (Lipinski definition) is 1. The van der Waals surface area contributed by atoms with Crippen LogP contribution >= 0.6 is 11.8 Å². The van der Waals surface area contributed by atoms with Crippen molar-refractivity contribution in [2.24, 2.45) is 10.7 Å². The standard InChI is InChI=1S/C5H10N2OS/c1-3-9-5(8)7-4(2)6/h3H2,1-2H3,(H2,6,7,8). The average molecular weight is 146 g/mol.